The van der Waals surface area contributed by atoms with E-state index in [1.54, 1.807) is 0 Å². The highest BCUT2D eigenvalue weighted by molar-refractivity contribution is 5.85. The van der Waals surface area contributed by atoms with E-state index in [2.05, 4.69) is 27.4 Å². The van der Waals surface area contributed by atoms with E-state index >= 15 is 0 Å². The second-order valence-electron chi connectivity index (χ2n) is 4.21. The van der Waals surface area contributed by atoms with E-state index < -0.39 is 0 Å². The smallest absolute Gasteiger partial charge is 0.137 e. The molecule has 2 aromatic rings. The predicted octanol–water partition coefficient (Wildman–Crippen LogP) is 2.45. The summed E-state index contributed by atoms with van der Waals surface area (Å²) in [6, 6.07) is 6.33. The van der Waals surface area contributed by atoms with Gasteiger partial charge in [0.1, 0.15) is 5.65 Å². The molecule has 0 aliphatic carbocycles. The summed E-state index contributed by atoms with van der Waals surface area (Å²) in [6.07, 6.45) is 4.38. The van der Waals surface area contributed by atoms with Crippen molar-refractivity contribution in [3.8, 4) is 0 Å². The van der Waals surface area contributed by atoms with E-state index in [4.69, 9.17) is 0 Å². The van der Waals surface area contributed by atoms with Crippen LogP contribution in [0.25, 0.3) is 11.0 Å². The predicted molar refractivity (Wildman–Crippen MR) is 68.2 cm³/mol. The van der Waals surface area contributed by atoms with Gasteiger partial charge >= 0.3 is 0 Å². The van der Waals surface area contributed by atoms with Gasteiger partial charge in [0.2, 0.25) is 0 Å². The molecule has 86 valence electrons. The first-order valence-corrected chi connectivity index (χ1v) is 5.58. The van der Waals surface area contributed by atoms with Crippen molar-refractivity contribution in [3.63, 3.8) is 0 Å². The van der Waals surface area contributed by atoms with Gasteiger partial charge in [0, 0.05) is 29.7 Å². The van der Waals surface area contributed by atoms with Crippen LogP contribution in [0.1, 0.15) is 24.5 Å². The van der Waals surface area contributed by atoms with Crippen LogP contribution in [0.15, 0.2) is 24.4 Å². The number of hydrogen-bond acceptors (Lipinski definition) is 2. The van der Waals surface area contributed by atoms with E-state index in [1.807, 2.05) is 12.3 Å². The lowest BCUT2D eigenvalue weighted by Gasteiger charge is -2.21. The Kier molecular flexibility index (Phi) is 3.46. The Morgan fingerprint density at radius 1 is 1.38 bits per heavy atom. The maximum atomic E-state index is 4.32. The van der Waals surface area contributed by atoms with Gasteiger partial charge in [-0.3, -0.25) is 0 Å². The van der Waals surface area contributed by atoms with Crippen LogP contribution in [0.3, 0.4) is 0 Å². The lowest BCUT2D eigenvalue weighted by molar-refractivity contribution is 0.456. The normalized spacial score (nSPS) is 20.6. The van der Waals surface area contributed by atoms with E-state index in [0.717, 1.165) is 18.7 Å². The number of piperidine rings is 1. The summed E-state index contributed by atoms with van der Waals surface area (Å²) in [6.45, 7) is 2.25. The van der Waals surface area contributed by atoms with Crippen LogP contribution >= 0.6 is 12.4 Å². The molecule has 0 bridgehead atoms. The highest BCUT2D eigenvalue weighted by atomic mass is 35.5. The fourth-order valence-corrected chi connectivity index (χ4v) is 2.32. The van der Waals surface area contributed by atoms with Gasteiger partial charge in [-0.15, -0.1) is 12.4 Å². The van der Waals surface area contributed by atoms with Gasteiger partial charge in [0.25, 0.3) is 0 Å². The molecule has 0 saturated carbocycles. The third-order valence-electron chi connectivity index (χ3n) is 3.15. The van der Waals surface area contributed by atoms with Crippen LogP contribution in [0.5, 0.6) is 0 Å². The second-order valence-corrected chi connectivity index (χ2v) is 4.21. The fraction of sp³-hybridized carbons (Fsp3) is 0.417. The third kappa shape index (κ3) is 2.06. The van der Waals surface area contributed by atoms with Gasteiger partial charge in [-0.25, -0.2) is 4.98 Å². The Balaban J connectivity index is 0.000000963. The number of H-pyrrole nitrogens is 1. The van der Waals surface area contributed by atoms with Crippen molar-refractivity contribution in [1.82, 2.24) is 15.3 Å². The van der Waals surface area contributed by atoms with Crippen LogP contribution in [0.4, 0.5) is 0 Å². The molecule has 0 amide bonds. The monoisotopic (exact) mass is 237 g/mol. The van der Waals surface area contributed by atoms with E-state index in [-0.39, 0.29) is 12.4 Å². The van der Waals surface area contributed by atoms with Crippen LogP contribution in [-0.2, 0) is 0 Å². The first-order chi connectivity index (χ1) is 7.43. The van der Waals surface area contributed by atoms with Crippen LogP contribution in [-0.4, -0.2) is 23.1 Å². The zero-order chi connectivity index (χ0) is 10.1. The molecular weight excluding hydrogens is 222 g/mol. The quantitative estimate of drug-likeness (QED) is 0.800. The summed E-state index contributed by atoms with van der Waals surface area (Å²) >= 11 is 0. The number of halogens is 1. The minimum Gasteiger partial charge on any atom is -0.343 e. The van der Waals surface area contributed by atoms with Gasteiger partial charge in [-0.2, -0.15) is 0 Å². The number of aromatic amines is 1. The van der Waals surface area contributed by atoms with Crippen molar-refractivity contribution in [2.24, 2.45) is 0 Å². The van der Waals surface area contributed by atoms with Crippen molar-refractivity contribution < 1.29 is 0 Å². The van der Waals surface area contributed by atoms with E-state index in [9.17, 15) is 0 Å². The Hall–Kier alpha value is -1.06. The number of aromatic nitrogens is 2. The highest BCUT2D eigenvalue weighted by Crippen LogP contribution is 2.25. The van der Waals surface area contributed by atoms with Gasteiger partial charge in [-0.05, 0) is 37.6 Å². The molecule has 1 aliphatic heterocycles. The summed E-state index contributed by atoms with van der Waals surface area (Å²) in [5.74, 6) is 0.632. The maximum Gasteiger partial charge on any atom is 0.137 e. The molecule has 3 heterocycles. The van der Waals surface area contributed by atoms with Crippen LogP contribution in [0.2, 0.25) is 0 Å². The number of pyridine rings is 1. The van der Waals surface area contributed by atoms with Crippen molar-refractivity contribution in [3.05, 3.63) is 30.1 Å². The minimum atomic E-state index is 0. The van der Waals surface area contributed by atoms with Crippen molar-refractivity contribution in [2.45, 2.75) is 18.8 Å². The van der Waals surface area contributed by atoms with Crippen molar-refractivity contribution in [1.29, 1.82) is 0 Å². The van der Waals surface area contributed by atoms with E-state index in [0.29, 0.717) is 5.92 Å². The Labute approximate surface area is 101 Å². The molecule has 0 spiro atoms. The molecule has 2 aromatic heterocycles. The highest BCUT2D eigenvalue weighted by Gasteiger charge is 2.16. The number of nitrogens with one attached hydrogen (secondary N) is 2. The molecule has 2 N–H and O–H groups in total. The average molecular weight is 238 g/mol. The standard InChI is InChI=1S/C12H15N3.ClH/c1-4-10(8-13-5-1)11-7-9-3-2-6-14-12(9)15-11;/h2-3,6-7,10,13H,1,4-5,8H2,(H,14,15);1H. The van der Waals surface area contributed by atoms with Gasteiger partial charge in [0.05, 0.1) is 0 Å². The molecule has 0 aromatic carbocycles. The summed E-state index contributed by atoms with van der Waals surface area (Å²) < 4.78 is 0. The third-order valence-corrected chi connectivity index (χ3v) is 3.15. The molecule has 3 nitrogen and oxygen atoms in total. The molecule has 1 fully saturated rings. The molecule has 1 aliphatic rings. The maximum absolute atomic E-state index is 4.32. The Bertz CT molecular complexity index is 427. The molecule has 0 radical (unpaired) electrons. The van der Waals surface area contributed by atoms with E-state index in [1.165, 1.54) is 23.9 Å². The zero-order valence-corrected chi connectivity index (χ0v) is 9.89. The molecule has 1 unspecified atom stereocenters. The number of hydrogen-bond donors (Lipinski definition) is 2. The largest absolute Gasteiger partial charge is 0.343 e. The summed E-state index contributed by atoms with van der Waals surface area (Å²) in [7, 11) is 0. The topological polar surface area (TPSA) is 40.7 Å². The summed E-state index contributed by atoms with van der Waals surface area (Å²) in [5, 5.41) is 4.66. The molecule has 16 heavy (non-hydrogen) atoms. The fourth-order valence-electron chi connectivity index (χ4n) is 2.32. The SMILES string of the molecule is Cl.c1cnc2[nH]c(C3CCCNC3)cc2c1. The number of rotatable bonds is 1. The van der Waals surface area contributed by atoms with Crippen molar-refractivity contribution in [2.75, 3.05) is 13.1 Å². The van der Waals surface area contributed by atoms with Crippen LogP contribution in [0, 0.1) is 0 Å². The van der Waals surface area contributed by atoms with Crippen molar-refractivity contribution >= 4 is 23.4 Å². The van der Waals surface area contributed by atoms with Gasteiger partial charge in [-0.1, -0.05) is 0 Å². The average Bonchev–Trinajstić information content (AvgIpc) is 2.74. The molecule has 1 saturated heterocycles. The number of nitrogens with zero attached hydrogens (tertiary/aromatic N) is 1. The lowest BCUT2D eigenvalue weighted by atomic mass is 9.96. The van der Waals surface area contributed by atoms with Gasteiger partial charge in [0.15, 0.2) is 0 Å². The minimum absolute atomic E-state index is 0. The molecular formula is C12H16ClN3. The Morgan fingerprint density at radius 2 is 2.31 bits per heavy atom. The first-order valence-electron chi connectivity index (χ1n) is 5.58. The zero-order valence-electron chi connectivity index (χ0n) is 9.07. The second kappa shape index (κ2) is 4.85. The van der Waals surface area contributed by atoms with Gasteiger partial charge < -0.3 is 10.3 Å². The molecule has 4 heteroatoms. The first kappa shape index (κ1) is 11.4. The lowest BCUT2D eigenvalue weighted by Crippen LogP contribution is -2.28. The van der Waals surface area contributed by atoms with Crippen LogP contribution < -0.4 is 5.32 Å². The molecule has 1 atom stereocenters. The molecule has 3 rings (SSSR count). The number of fused-ring (bicyclic) bond motifs is 1. The Morgan fingerprint density at radius 3 is 3.06 bits per heavy atom. The summed E-state index contributed by atoms with van der Waals surface area (Å²) in [5.41, 5.74) is 2.34. The summed E-state index contributed by atoms with van der Waals surface area (Å²) in [4.78, 5) is 7.73.